The Balaban J connectivity index is 2.05. The van der Waals surface area contributed by atoms with E-state index in [-0.39, 0.29) is 5.82 Å². The van der Waals surface area contributed by atoms with Crippen LogP contribution < -0.4 is 5.73 Å². The first-order chi connectivity index (χ1) is 8.58. The van der Waals surface area contributed by atoms with E-state index in [1.54, 1.807) is 12.1 Å². The Kier molecular flexibility index (Phi) is 4.23. The number of hydrogen-bond donors (Lipinski definition) is 1. The standard InChI is InChI=1S/C15H23FN2/c1-11-5-3-4-6-15(11)18(2)10-12-9-13(16)7-8-14(12)17/h7-9,11,15H,3-6,10,17H2,1-2H3. The van der Waals surface area contributed by atoms with Gasteiger partial charge in [-0.05, 0) is 49.6 Å². The molecule has 1 aliphatic carbocycles. The van der Waals surface area contributed by atoms with Crippen molar-refractivity contribution in [2.45, 2.75) is 45.2 Å². The zero-order chi connectivity index (χ0) is 13.1. The highest BCUT2D eigenvalue weighted by atomic mass is 19.1. The lowest BCUT2D eigenvalue weighted by atomic mass is 9.85. The second-order valence-electron chi connectivity index (χ2n) is 5.59. The largest absolute Gasteiger partial charge is 0.398 e. The lowest BCUT2D eigenvalue weighted by molar-refractivity contribution is 0.133. The summed E-state index contributed by atoms with van der Waals surface area (Å²) in [4.78, 5) is 2.33. The molecule has 0 aromatic heterocycles. The zero-order valence-electron chi connectivity index (χ0n) is 11.3. The van der Waals surface area contributed by atoms with E-state index in [0.29, 0.717) is 11.7 Å². The Bertz CT molecular complexity index is 405. The van der Waals surface area contributed by atoms with E-state index in [1.165, 1.54) is 31.7 Å². The number of benzene rings is 1. The molecule has 2 N–H and O–H groups in total. The van der Waals surface area contributed by atoms with E-state index in [0.717, 1.165) is 18.0 Å². The highest BCUT2D eigenvalue weighted by Gasteiger charge is 2.25. The van der Waals surface area contributed by atoms with Crippen molar-refractivity contribution in [2.75, 3.05) is 12.8 Å². The van der Waals surface area contributed by atoms with Gasteiger partial charge in [0.05, 0.1) is 0 Å². The van der Waals surface area contributed by atoms with Crippen molar-refractivity contribution in [3.05, 3.63) is 29.6 Å². The van der Waals surface area contributed by atoms with E-state index in [9.17, 15) is 4.39 Å². The molecule has 2 atom stereocenters. The molecule has 1 aromatic rings. The van der Waals surface area contributed by atoms with E-state index >= 15 is 0 Å². The van der Waals surface area contributed by atoms with E-state index in [1.807, 2.05) is 0 Å². The number of halogens is 1. The Morgan fingerprint density at radius 3 is 2.78 bits per heavy atom. The first-order valence-electron chi connectivity index (χ1n) is 6.82. The fraction of sp³-hybridized carbons (Fsp3) is 0.600. The molecule has 0 amide bonds. The molecule has 0 heterocycles. The van der Waals surface area contributed by atoms with Crippen LogP contribution in [0, 0.1) is 11.7 Å². The summed E-state index contributed by atoms with van der Waals surface area (Å²) >= 11 is 0. The molecule has 1 fully saturated rings. The maximum atomic E-state index is 13.2. The maximum Gasteiger partial charge on any atom is 0.123 e. The average molecular weight is 250 g/mol. The number of nitrogen functional groups attached to an aromatic ring is 1. The fourth-order valence-electron chi connectivity index (χ4n) is 3.05. The van der Waals surface area contributed by atoms with Gasteiger partial charge in [-0.3, -0.25) is 4.90 Å². The van der Waals surface area contributed by atoms with Crippen molar-refractivity contribution in [3.8, 4) is 0 Å². The molecule has 0 radical (unpaired) electrons. The number of rotatable bonds is 3. The van der Waals surface area contributed by atoms with Crippen molar-refractivity contribution in [1.82, 2.24) is 4.90 Å². The van der Waals surface area contributed by atoms with E-state index in [4.69, 9.17) is 5.73 Å². The molecule has 18 heavy (non-hydrogen) atoms. The van der Waals surface area contributed by atoms with Crippen LogP contribution in [-0.4, -0.2) is 18.0 Å². The Morgan fingerprint density at radius 1 is 1.33 bits per heavy atom. The van der Waals surface area contributed by atoms with Crippen LogP contribution in [0.4, 0.5) is 10.1 Å². The molecule has 0 aliphatic heterocycles. The molecule has 2 rings (SSSR count). The summed E-state index contributed by atoms with van der Waals surface area (Å²) in [5, 5.41) is 0. The molecule has 2 nitrogen and oxygen atoms in total. The van der Waals surface area contributed by atoms with Gasteiger partial charge in [-0.15, -0.1) is 0 Å². The number of hydrogen-bond acceptors (Lipinski definition) is 2. The third-order valence-electron chi connectivity index (χ3n) is 4.16. The topological polar surface area (TPSA) is 29.3 Å². The smallest absolute Gasteiger partial charge is 0.123 e. The molecule has 1 aliphatic rings. The predicted molar refractivity (Wildman–Crippen MR) is 73.7 cm³/mol. The van der Waals surface area contributed by atoms with Gasteiger partial charge in [-0.2, -0.15) is 0 Å². The minimum atomic E-state index is -0.204. The Morgan fingerprint density at radius 2 is 2.06 bits per heavy atom. The molecule has 0 spiro atoms. The lowest BCUT2D eigenvalue weighted by Crippen LogP contribution is -2.38. The molecule has 0 saturated heterocycles. The molecular formula is C15H23FN2. The highest BCUT2D eigenvalue weighted by molar-refractivity contribution is 5.46. The van der Waals surface area contributed by atoms with Crippen LogP contribution in [0.1, 0.15) is 38.2 Å². The van der Waals surface area contributed by atoms with Gasteiger partial charge in [0.2, 0.25) is 0 Å². The average Bonchev–Trinajstić information content (AvgIpc) is 2.34. The lowest BCUT2D eigenvalue weighted by Gasteiger charge is -2.36. The Hall–Kier alpha value is -1.09. The first kappa shape index (κ1) is 13.3. The van der Waals surface area contributed by atoms with Crippen LogP contribution in [0.5, 0.6) is 0 Å². The number of anilines is 1. The van der Waals surface area contributed by atoms with Gasteiger partial charge in [-0.25, -0.2) is 4.39 Å². The minimum absolute atomic E-state index is 0.204. The zero-order valence-corrected chi connectivity index (χ0v) is 11.3. The van der Waals surface area contributed by atoms with E-state index < -0.39 is 0 Å². The van der Waals surface area contributed by atoms with Crippen molar-refractivity contribution in [2.24, 2.45) is 5.92 Å². The van der Waals surface area contributed by atoms with Crippen LogP contribution >= 0.6 is 0 Å². The minimum Gasteiger partial charge on any atom is -0.398 e. The molecule has 2 unspecified atom stereocenters. The van der Waals surface area contributed by atoms with Crippen LogP contribution in [0.15, 0.2) is 18.2 Å². The highest BCUT2D eigenvalue weighted by Crippen LogP contribution is 2.28. The van der Waals surface area contributed by atoms with Gasteiger partial charge in [0, 0.05) is 18.3 Å². The number of nitrogens with zero attached hydrogens (tertiary/aromatic N) is 1. The summed E-state index contributed by atoms with van der Waals surface area (Å²) < 4.78 is 13.2. The molecule has 1 aromatic carbocycles. The van der Waals surface area contributed by atoms with Crippen molar-refractivity contribution in [3.63, 3.8) is 0 Å². The predicted octanol–water partition coefficient (Wildman–Crippen LogP) is 3.42. The summed E-state index contributed by atoms with van der Waals surface area (Å²) in [6.07, 6.45) is 5.19. The summed E-state index contributed by atoms with van der Waals surface area (Å²) in [6.45, 7) is 3.05. The van der Waals surface area contributed by atoms with Crippen LogP contribution in [-0.2, 0) is 6.54 Å². The second-order valence-corrected chi connectivity index (χ2v) is 5.59. The second kappa shape index (κ2) is 5.70. The summed E-state index contributed by atoms with van der Waals surface area (Å²) in [6, 6.07) is 5.23. The van der Waals surface area contributed by atoms with Gasteiger partial charge in [0.1, 0.15) is 5.82 Å². The van der Waals surface area contributed by atoms with Crippen LogP contribution in [0.25, 0.3) is 0 Å². The van der Waals surface area contributed by atoms with Gasteiger partial charge in [0.15, 0.2) is 0 Å². The van der Waals surface area contributed by atoms with Crippen molar-refractivity contribution >= 4 is 5.69 Å². The summed E-state index contributed by atoms with van der Waals surface area (Å²) in [5.41, 5.74) is 7.49. The van der Waals surface area contributed by atoms with Gasteiger partial charge in [-0.1, -0.05) is 19.8 Å². The molecule has 100 valence electrons. The quantitative estimate of drug-likeness (QED) is 0.833. The molecule has 1 saturated carbocycles. The summed E-state index contributed by atoms with van der Waals surface area (Å²) in [7, 11) is 2.12. The van der Waals surface area contributed by atoms with E-state index in [2.05, 4.69) is 18.9 Å². The van der Waals surface area contributed by atoms with Gasteiger partial charge < -0.3 is 5.73 Å². The molecular weight excluding hydrogens is 227 g/mol. The monoisotopic (exact) mass is 250 g/mol. The summed E-state index contributed by atoms with van der Waals surface area (Å²) in [5.74, 6) is 0.517. The molecule has 3 heteroatoms. The fourth-order valence-corrected chi connectivity index (χ4v) is 3.05. The third kappa shape index (κ3) is 3.02. The normalized spacial score (nSPS) is 24.4. The van der Waals surface area contributed by atoms with Gasteiger partial charge in [0.25, 0.3) is 0 Å². The van der Waals surface area contributed by atoms with Crippen LogP contribution in [0.2, 0.25) is 0 Å². The third-order valence-corrected chi connectivity index (χ3v) is 4.16. The van der Waals surface area contributed by atoms with Crippen molar-refractivity contribution < 1.29 is 4.39 Å². The Labute approximate surface area is 109 Å². The van der Waals surface area contributed by atoms with Gasteiger partial charge >= 0.3 is 0 Å². The SMILES string of the molecule is CC1CCCCC1N(C)Cc1cc(F)ccc1N. The maximum absolute atomic E-state index is 13.2. The molecule has 0 bridgehead atoms. The first-order valence-corrected chi connectivity index (χ1v) is 6.82. The van der Waals surface area contributed by atoms with Crippen LogP contribution in [0.3, 0.4) is 0 Å². The number of nitrogens with two attached hydrogens (primary N) is 1. The van der Waals surface area contributed by atoms with Crippen molar-refractivity contribution in [1.29, 1.82) is 0 Å².